The summed E-state index contributed by atoms with van der Waals surface area (Å²) in [5, 5.41) is 0. The second-order valence-electron chi connectivity index (χ2n) is 4.22. The summed E-state index contributed by atoms with van der Waals surface area (Å²) in [7, 11) is 1.48. The van der Waals surface area contributed by atoms with Gasteiger partial charge in [0, 0.05) is 0 Å². The van der Waals surface area contributed by atoms with Crippen LogP contribution in [0, 0.1) is 17.3 Å². The normalized spacial score (nSPS) is 39.6. The summed E-state index contributed by atoms with van der Waals surface area (Å²) < 4.78 is 4.92. The molecule has 2 aliphatic carbocycles. The van der Waals surface area contributed by atoms with Gasteiger partial charge < -0.3 is 4.74 Å². The molecule has 2 aliphatic rings. The highest BCUT2D eigenvalue weighted by Gasteiger charge is 2.52. The summed E-state index contributed by atoms with van der Waals surface area (Å²) in [6.07, 6.45) is 10.4. The summed E-state index contributed by atoms with van der Waals surface area (Å²) >= 11 is 0. The Kier molecular flexibility index (Phi) is 2.22. The van der Waals surface area contributed by atoms with E-state index in [2.05, 4.69) is 12.2 Å². The predicted molar refractivity (Wildman–Crippen MR) is 54.6 cm³/mol. The largest absolute Gasteiger partial charge is 0.468 e. The quantitative estimate of drug-likeness (QED) is 0.495. The van der Waals surface area contributed by atoms with Crippen molar-refractivity contribution < 1.29 is 9.53 Å². The molecule has 1 fully saturated rings. The van der Waals surface area contributed by atoms with Crippen LogP contribution < -0.4 is 0 Å². The van der Waals surface area contributed by atoms with Gasteiger partial charge in [-0.1, -0.05) is 24.3 Å². The number of ether oxygens (including phenoxy) is 1. The number of rotatable bonds is 2. The molecule has 0 spiro atoms. The highest BCUT2D eigenvalue weighted by atomic mass is 16.5. The zero-order valence-corrected chi connectivity index (χ0v) is 8.69. The Morgan fingerprint density at radius 3 is 2.79 bits per heavy atom. The minimum atomic E-state index is -0.358. The Balaban J connectivity index is 2.33. The average molecular weight is 192 g/mol. The van der Waals surface area contributed by atoms with E-state index in [4.69, 9.17) is 4.74 Å². The van der Waals surface area contributed by atoms with Gasteiger partial charge in [0.2, 0.25) is 0 Å². The number of carbonyl (C=O) groups is 1. The topological polar surface area (TPSA) is 26.3 Å². The molecule has 0 N–H and O–H groups in total. The second kappa shape index (κ2) is 3.26. The maximum atomic E-state index is 11.8. The lowest BCUT2D eigenvalue weighted by Crippen LogP contribution is -2.34. The molecule has 0 aromatic rings. The van der Waals surface area contributed by atoms with Crippen molar-refractivity contribution >= 4 is 5.97 Å². The first kappa shape index (κ1) is 9.50. The molecule has 14 heavy (non-hydrogen) atoms. The maximum absolute atomic E-state index is 11.8. The van der Waals surface area contributed by atoms with Crippen molar-refractivity contribution in [2.45, 2.75) is 19.8 Å². The fraction of sp³-hybridized carbons (Fsp3) is 0.583. The summed E-state index contributed by atoms with van der Waals surface area (Å²) in [6.45, 7) is 1.96. The van der Waals surface area contributed by atoms with Gasteiger partial charge in [0.05, 0.1) is 12.5 Å². The van der Waals surface area contributed by atoms with Gasteiger partial charge in [-0.3, -0.25) is 4.79 Å². The van der Waals surface area contributed by atoms with Gasteiger partial charge >= 0.3 is 5.97 Å². The Hall–Kier alpha value is -1.05. The molecule has 0 aromatic heterocycles. The second-order valence-corrected chi connectivity index (χ2v) is 4.22. The first-order valence-corrected chi connectivity index (χ1v) is 5.13. The zero-order chi connectivity index (χ0) is 10.2. The molecule has 0 radical (unpaired) electrons. The summed E-state index contributed by atoms with van der Waals surface area (Å²) in [6, 6.07) is 0. The van der Waals surface area contributed by atoms with E-state index >= 15 is 0 Å². The molecule has 0 amide bonds. The van der Waals surface area contributed by atoms with Gasteiger partial charge in [-0.05, 0) is 31.6 Å². The minimum absolute atomic E-state index is 0.0764. The summed E-state index contributed by atoms with van der Waals surface area (Å²) in [5.74, 6) is 0.860. The Morgan fingerprint density at radius 2 is 2.36 bits per heavy atom. The molecule has 2 bridgehead atoms. The predicted octanol–water partition coefficient (Wildman–Crippen LogP) is 2.32. The van der Waals surface area contributed by atoms with E-state index in [1.54, 1.807) is 0 Å². The van der Waals surface area contributed by atoms with Crippen molar-refractivity contribution in [2.24, 2.45) is 17.3 Å². The van der Waals surface area contributed by atoms with Crippen LogP contribution in [0.2, 0.25) is 0 Å². The molecular formula is C12H16O2. The SMILES string of the molecule is C/C=C/[C@@]1(C(=O)OC)C[C@H]2C=C[C@@H]1C2. The smallest absolute Gasteiger partial charge is 0.316 e. The van der Waals surface area contributed by atoms with E-state index in [1.165, 1.54) is 7.11 Å². The van der Waals surface area contributed by atoms with Crippen LogP contribution in [0.15, 0.2) is 24.3 Å². The Morgan fingerprint density at radius 1 is 1.57 bits per heavy atom. The minimum Gasteiger partial charge on any atom is -0.468 e. The number of fused-ring (bicyclic) bond motifs is 2. The monoisotopic (exact) mass is 192 g/mol. The number of allylic oxidation sites excluding steroid dienone is 3. The van der Waals surface area contributed by atoms with Crippen LogP contribution in [0.25, 0.3) is 0 Å². The van der Waals surface area contributed by atoms with Crippen LogP contribution in [-0.2, 0) is 9.53 Å². The van der Waals surface area contributed by atoms with E-state index < -0.39 is 0 Å². The molecule has 2 heteroatoms. The fourth-order valence-electron chi connectivity index (χ4n) is 2.87. The molecule has 76 valence electrons. The molecule has 0 aliphatic heterocycles. The average Bonchev–Trinajstić information content (AvgIpc) is 2.77. The third kappa shape index (κ3) is 1.13. The third-order valence-corrected chi connectivity index (χ3v) is 3.46. The molecule has 0 aromatic carbocycles. The number of hydrogen-bond acceptors (Lipinski definition) is 2. The van der Waals surface area contributed by atoms with Gasteiger partial charge in [-0.25, -0.2) is 0 Å². The number of carbonyl (C=O) groups excluding carboxylic acids is 1. The molecular weight excluding hydrogens is 176 g/mol. The van der Waals surface area contributed by atoms with Crippen LogP contribution in [0.4, 0.5) is 0 Å². The van der Waals surface area contributed by atoms with Gasteiger partial charge in [0.1, 0.15) is 0 Å². The standard InChI is InChI=1S/C12H16O2/c1-3-6-12(11(13)14-2)8-9-4-5-10(12)7-9/h3-6,9-10H,7-8H2,1-2H3/b6-3+/t9-,10+,12+/m0/s1. The fourth-order valence-corrected chi connectivity index (χ4v) is 2.87. The van der Waals surface area contributed by atoms with Gasteiger partial charge in [0.25, 0.3) is 0 Å². The Labute approximate surface area is 84.6 Å². The molecule has 0 unspecified atom stereocenters. The summed E-state index contributed by atoms with van der Waals surface area (Å²) in [4.78, 5) is 11.8. The van der Waals surface area contributed by atoms with E-state index in [0.717, 1.165) is 12.8 Å². The molecule has 2 nitrogen and oxygen atoms in total. The van der Waals surface area contributed by atoms with Gasteiger partial charge in [-0.15, -0.1) is 0 Å². The molecule has 0 heterocycles. The number of esters is 1. The van der Waals surface area contributed by atoms with E-state index in [1.807, 2.05) is 19.1 Å². The molecule has 3 atom stereocenters. The number of hydrogen-bond donors (Lipinski definition) is 0. The first-order valence-electron chi connectivity index (χ1n) is 5.13. The molecule has 2 rings (SSSR count). The first-order chi connectivity index (χ1) is 6.73. The van der Waals surface area contributed by atoms with E-state index in [-0.39, 0.29) is 11.4 Å². The number of methoxy groups -OCH3 is 1. The van der Waals surface area contributed by atoms with Gasteiger partial charge in [0.15, 0.2) is 0 Å². The zero-order valence-electron chi connectivity index (χ0n) is 8.69. The third-order valence-electron chi connectivity index (χ3n) is 3.46. The van der Waals surface area contributed by atoms with Crippen LogP contribution in [-0.4, -0.2) is 13.1 Å². The van der Waals surface area contributed by atoms with E-state index in [0.29, 0.717) is 11.8 Å². The van der Waals surface area contributed by atoms with Crippen LogP contribution in [0.5, 0.6) is 0 Å². The van der Waals surface area contributed by atoms with Crippen molar-refractivity contribution in [3.8, 4) is 0 Å². The molecule has 0 saturated heterocycles. The lowest BCUT2D eigenvalue weighted by Gasteiger charge is -2.29. The Bertz CT molecular complexity index is 303. The van der Waals surface area contributed by atoms with Gasteiger partial charge in [-0.2, -0.15) is 0 Å². The van der Waals surface area contributed by atoms with Crippen molar-refractivity contribution in [1.29, 1.82) is 0 Å². The van der Waals surface area contributed by atoms with Crippen LogP contribution in [0.1, 0.15) is 19.8 Å². The highest BCUT2D eigenvalue weighted by molar-refractivity contribution is 5.80. The van der Waals surface area contributed by atoms with Crippen molar-refractivity contribution in [3.05, 3.63) is 24.3 Å². The maximum Gasteiger partial charge on any atom is 0.316 e. The lowest BCUT2D eigenvalue weighted by molar-refractivity contribution is -0.151. The van der Waals surface area contributed by atoms with Crippen molar-refractivity contribution in [1.82, 2.24) is 0 Å². The van der Waals surface area contributed by atoms with Crippen LogP contribution >= 0.6 is 0 Å². The van der Waals surface area contributed by atoms with Crippen molar-refractivity contribution in [3.63, 3.8) is 0 Å². The highest BCUT2D eigenvalue weighted by Crippen LogP contribution is 2.53. The van der Waals surface area contributed by atoms with E-state index in [9.17, 15) is 4.79 Å². The van der Waals surface area contributed by atoms with Crippen LogP contribution in [0.3, 0.4) is 0 Å². The molecule has 1 saturated carbocycles. The lowest BCUT2D eigenvalue weighted by atomic mass is 9.75. The summed E-state index contributed by atoms with van der Waals surface area (Å²) in [5.41, 5.74) is -0.358. The van der Waals surface area contributed by atoms with Crippen molar-refractivity contribution in [2.75, 3.05) is 7.11 Å².